The Balaban J connectivity index is 1.56. The standard InChI is InChI=1S/C25H22OS/c26-23-15-20(18-9-3-1-4-10-18)17-25(23)22-14-8-7-11-19(22)16-24(25)27-21-12-5-2-6-13-21/h1-14,20,24H,15-17H2/t20-,24-,25-/m0/s1. The summed E-state index contributed by atoms with van der Waals surface area (Å²) < 4.78 is 0. The number of hydrogen-bond donors (Lipinski definition) is 0. The third-order valence-corrected chi connectivity index (χ3v) is 7.64. The largest absolute Gasteiger partial charge is 0.299 e. The number of thioether (sulfide) groups is 1. The maximum atomic E-state index is 13.5. The molecular weight excluding hydrogens is 348 g/mol. The number of Topliss-reactive ketones (excluding diaryl/α,β-unsaturated/α-hetero) is 1. The molecule has 0 heterocycles. The molecule has 1 spiro atoms. The van der Waals surface area contributed by atoms with Gasteiger partial charge >= 0.3 is 0 Å². The first-order chi connectivity index (χ1) is 13.3. The third-order valence-electron chi connectivity index (χ3n) is 6.24. The van der Waals surface area contributed by atoms with E-state index in [4.69, 9.17) is 0 Å². The molecular formula is C25H22OS. The highest BCUT2D eigenvalue weighted by molar-refractivity contribution is 8.00. The zero-order valence-corrected chi connectivity index (χ0v) is 16.0. The number of hydrogen-bond acceptors (Lipinski definition) is 2. The molecule has 0 amide bonds. The molecule has 3 aromatic carbocycles. The van der Waals surface area contributed by atoms with Gasteiger partial charge in [0.05, 0.1) is 5.41 Å². The van der Waals surface area contributed by atoms with Crippen LogP contribution in [0.2, 0.25) is 0 Å². The van der Waals surface area contributed by atoms with Crippen molar-refractivity contribution in [3.63, 3.8) is 0 Å². The Bertz CT molecular complexity index is 966. The second-order valence-electron chi connectivity index (χ2n) is 7.69. The fraction of sp³-hybridized carbons (Fsp3) is 0.240. The van der Waals surface area contributed by atoms with Gasteiger partial charge in [-0.15, -0.1) is 11.8 Å². The molecule has 27 heavy (non-hydrogen) atoms. The summed E-state index contributed by atoms with van der Waals surface area (Å²) >= 11 is 1.88. The van der Waals surface area contributed by atoms with Crippen LogP contribution in [-0.4, -0.2) is 11.0 Å². The fourth-order valence-electron chi connectivity index (χ4n) is 5.00. The number of rotatable bonds is 3. The highest BCUT2D eigenvalue weighted by Gasteiger charge is 2.57. The van der Waals surface area contributed by atoms with Gasteiger partial charge in [0.25, 0.3) is 0 Å². The lowest BCUT2D eigenvalue weighted by Crippen LogP contribution is -2.38. The van der Waals surface area contributed by atoms with E-state index in [2.05, 4.69) is 84.9 Å². The molecule has 5 rings (SSSR count). The van der Waals surface area contributed by atoms with Crippen molar-refractivity contribution in [2.45, 2.75) is 40.7 Å². The molecule has 2 aliphatic carbocycles. The summed E-state index contributed by atoms with van der Waals surface area (Å²) in [4.78, 5) is 14.8. The zero-order chi connectivity index (χ0) is 18.3. The summed E-state index contributed by atoms with van der Waals surface area (Å²) in [5, 5.41) is 0.276. The first kappa shape index (κ1) is 16.8. The Morgan fingerprint density at radius 3 is 2.22 bits per heavy atom. The van der Waals surface area contributed by atoms with Crippen LogP contribution in [0.25, 0.3) is 0 Å². The number of ketones is 1. The van der Waals surface area contributed by atoms with Gasteiger partial charge in [-0.3, -0.25) is 4.79 Å². The van der Waals surface area contributed by atoms with Gasteiger partial charge in [-0.25, -0.2) is 0 Å². The first-order valence-electron chi connectivity index (χ1n) is 9.66. The highest BCUT2D eigenvalue weighted by atomic mass is 32.2. The van der Waals surface area contributed by atoms with Gasteiger partial charge in [0.1, 0.15) is 5.78 Å². The molecule has 3 aromatic rings. The molecule has 2 heteroatoms. The predicted molar refractivity (Wildman–Crippen MR) is 111 cm³/mol. The van der Waals surface area contributed by atoms with Gasteiger partial charge in [-0.1, -0.05) is 72.8 Å². The average Bonchev–Trinajstić information content (AvgIpc) is 3.23. The molecule has 134 valence electrons. The average molecular weight is 371 g/mol. The van der Waals surface area contributed by atoms with Crippen molar-refractivity contribution in [1.82, 2.24) is 0 Å². The second-order valence-corrected chi connectivity index (χ2v) is 8.97. The van der Waals surface area contributed by atoms with Crippen LogP contribution in [0.15, 0.2) is 89.8 Å². The van der Waals surface area contributed by atoms with E-state index in [1.807, 2.05) is 11.8 Å². The van der Waals surface area contributed by atoms with Crippen LogP contribution in [0.4, 0.5) is 0 Å². The van der Waals surface area contributed by atoms with E-state index < -0.39 is 0 Å². The number of fused-ring (bicyclic) bond motifs is 2. The SMILES string of the molecule is O=C1C[C@H](c2ccccc2)C[C@]12c1ccccc1C[C@@H]2Sc1ccccc1. The summed E-state index contributed by atoms with van der Waals surface area (Å²) in [5.41, 5.74) is 3.59. The van der Waals surface area contributed by atoms with Crippen LogP contribution in [0, 0.1) is 0 Å². The minimum atomic E-state index is -0.350. The highest BCUT2D eigenvalue weighted by Crippen LogP contribution is 2.57. The molecule has 1 saturated carbocycles. The number of carbonyl (C=O) groups excluding carboxylic acids is 1. The van der Waals surface area contributed by atoms with Gasteiger partial charge in [-0.2, -0.15) is 0 Å². The minimum absolute atomic E-state index is 0.276. The molecule has 1 nitrogen and oxygen atoms in total. The molecule has 0 N–H and O–H groups in total. The summed E-state index contributed by atoms with van der Waals surface area (Å²) in [7, 11) is 0. The van der Waals surface area contributed by atoms with Crippen molar-refractivity contribution in [3.05, 3.63) is 102 Å². The van der Waals surface area contributed by atoms with Gasteiger partial charge in [0, 0.05) is 16.6 Å². The Kier molecular flexibility index (Phi) is 4.17. The predicted octanol–water partition coefficient (Wildman–Crippen LogP) is 5.79. The van der Waals surface area contributed by atoms with E-state index in [9.17, 15) is 4.79 Å². The summed E-state index contributed by atoms with van der Waals surface area (Å²) in [6.45, 7) is 0. The first-order valence-corrected chi connectivity index (χ1v) is 10.5. The van der Waals surface area contributed by atoms with Crippen molar-refractivity contribution in [2.24, 2.45) is 0 Å². The molecule has 1 fully saturated rings. The van der Waals surface area contributed by atoms with E-state index in [-0.39, 0.29) is 10.7 Å². The van der Waals surface area contributed by atoms with Crippen LogP contribution in [0.1, 0.15) is 35.4 Å². The minimum Gasteiger partial charge on any atom is -0.299 e. The molecule has 0 bridgehead atoms. The quantitative estimate of drug-likeness (QED) is 0.580. The Morgan fingerprint density at radius 2 is 1.44 bits per heavy atom. The Labute approximate surface area is 164 Å². The maximum absolute atomic E-state index is 13.5. The van der Waals surface area contributed by atoms with Gasteiger partial charge in [0.15, 0.2) is 0 Å². The summed E-state index contributed by atoms with van der Waals surface area (Å²) in [6.07, 6.45) is 2.56. The third kappa shape index (κ3) is 2.74. The molecule has 0 radical (unpaired) electrons. The van der Waals surface area contributed by atoms with Crippen molar-refractivity contribution < 1.29 is 4.79 Å². The van der Waals surface area contributed by atoms with Crippen LogP contribution < -0.4 is 0 Å². The van der Waals surface area contributed by atoms with Crippen molar-refractivity contribution >= 4 is 17.5 Å². The molecule has 0 saturated heterocycles. The van der Waals surface area contributed by atoms with Crippen molar-refractivity contribution in [3.8, 4) is 0 Å². The van der Waals surface area contributed by atoms with E-state index in [0.717, 1.165) is 12.8 Å². The monoisotopic (exact) mass is 370 g/mol. The van der Waals surface area contributed by atoms with Crippen LogP contribution in [0.5, 0.6) is 0 Å². The van der Waals surface area contributed by atoms with Crippen molar-refractivity contribution in [2.75, 3.05) is 0 Å². The lowest BCUT2D eigenvalue weighted by atomic mass is 9.78. The van der Waals surface area contributed by atoms with Gasteiger partial charge in [-0.05, 0) is 47.6 Å². The molecule has 3 atom stereocenters. The van der Waals surface area contributed by atoms with E-state index in [1.54, 1.807) is 0 Å². The number of benzene rings is 3. The molecule has 0 unspecified atom stereocenters. The topological polar surface area (TPSA) is 17.1 Å². The number of carbonyl (C=O) groups is 1. The van der Waals surface area contributed by atoms with Gasteiger partial charge < -0.3 is 0 Å². The van der Waals surface area contributed by atoms with Crippen LogP contribution in [-0.2, 0) is 16.6 Å². The Morgan fingerprint density at radius 1 is 0.778 bits per heavy atom. The maximum Gasteiger partial charge on any atom is 0.145 e. The molecule has 0 aliphatic heterocycles. The lowest BCUT2D eigenvalue weighted by Gasteiger charge is -2.31. The molecule has 0 aromatic heterocycles. The van der Waals surface area contributed by atoms with E-state index in [1.165, 1.54) is 21.6 Å². The summed E-state index contributed by atoms with van der Waals surface area (Å²) in [6, 6.07) is 29.7. The fourth-order valence-corrected chi connectivity index (χ4v) is 6.46. The second kappa shape index (κ2) is 6.69. The Hall–Kier alpha value is -2.32. The van der Waals surface area contributed by atoms with Crippen LogP contribution >= 0.6 is 11.8 Å². The zero-order valence-electron chi connectivity index (χ0n) is 15.2. The molecule has 2 aliphatic rings. The van der Waals surface area contributed by atoms with E-state index in [0.29, 0.717) is 18.1 Å². The smallest absolute Gasteiger partial charge is 0.145 e. The summed E-state index contributed by atoms with van der Waals surface area (Å²) in [5.74, 6) is 0.749. The van der Waals surface area contributed by atoms with Crippen LogP contribution in [0.3, 0.4) is 0 Å². The van der Waals surface area contributed by atoms with E-state index >= 15 is 0 Å². The van der Waals surface area contributed by atoms with Crippen molar-refractivity contribution in [1.29, 1.82) is 0 Å². The lowest BCUT2D eigenvalue weighted by molar-refractivity contribution is -0.122. The normalized spacial score (nSPS) is 26.4. The van der Waals surface area contributed by atoms with Gasteiger partial charge in [0.2, 0.25) is 0 Å².